The molecule has 0 amide bonds. The van der Waals surface area contributed by atoms with Gasteiger partial charge in [0.1, 0.15) is 5.75 Å². The zero-order valence-electron chi connectivity index (χ0n) is 7.29. The van der Waals surface area contributed by atoms with Gasteiger partial charge in [-0.15, -0.1) is 0 Å². The molecular weight excluding hydrogens is 247 g/mol. The van der Waals surface area contributed by atoms with Crippen molar-refractivity contribution in [2.75, 3.05) is 5.75 Å². The second-order valence-corrected chi connectivity index (χ2v) is 5.70. The summed E-state index contributed by atoms with van der Waals surface area (Å²) in [7, 11) is -3.40. The maximum atomic E-state index is 11.5. The molecule has 0 heterocycles. The predicted molar refractivity (Wildman–Crippen MR) is 55.9 cm³/mol. The summed E-state index contributed by atoms with van der Waals surface area (Å²) in [6, 6.07) is 2.27. The smallest absolute Gasteiger partial charge is 0.179 e. The minimum atomic E-state index is -3.40. The highest BCUT2D eigenvalue weighted by Gasteiger charge is 2.17. The van der Waals surface area contributed by atoms with Crippen LogP contribution < -0.4 is 0 Å². The van der Waals surface area contributed by atoms with Gasteiger partial charge in [-0.1, -0.05) is 30.1 Å². The van der Waals surface area contributed by atoms with Crippen LogP contribution in [0.5, 0.6) is 5.75 Å². The van der Waals surface area contributed by atoms with Gasteiger partial charge in [0.25, 0.3) is 0 Å². The third-order valence-corrected chi connectivity index (χ3v) is 4.21. The molecule has 1 N–H and O–H groups in total. The number of phenols is 1. The number of aromatic hydroxyl groups is 1. The van der Waals surface area contributed by atoms with Crippen molar-refractivity contribution in [2.45, 2.75) is 11.8 Å². The van der Waals surface area contributed by atoms with Gasteiger partial charge < -0.3 is 5.11 Å². The van der Waals surface area contributed by atoms with Crippen LogP contribution in [0.4, 0.5) is 0 Å². The van der Waals surface area contributed by atoms with Crippen molar-refractivity contribution in [1.29, 1.82) is 0 Å². The number of benzene rings is 1. The molecule has 0 atom stereocenters. The first-order valence-corrected chi connectivity index (χ1v) is 6.20. The lowest BCUT2D eigenvalue weighted by Gasteiger charge is -2.05. The molecule has 78 valence electrons. The van der Waals surface area contributed by atoms with E-state index in [9.17, 15) is 8.42 Å². The summed E-state index contributed by atoms with van der Waals surface area (Å²) in [4.78, 5) is -0.0514. The van der Waals surface area contributed by atoms with Gasteiger partial charge in [-0.2, -0.15) is 0 Å². The fourth-order valence-electron chi connectivity index (χ4n) is 0.912. The molecule has 0 aliphatic heterocycles. The molecule has 0 saturated heterocycles. The summed E-state index contributed by atoms with van der Waals surface area (Å²) in [5.74, 6) is -0.292. The van der Waals surface area contributed by atoms with E-state index >= 15 is 0 Å². The van der Waals surface area contributed by atoms with Crippen molar-refractivity contribution in [3.05, 3.63) is 22.2 Å². The first-order valence-electron chi connectivity index (χ1n) is 3.79. The van der Waals surface area contributed by atoms with Crippen LogP contribution in [-0.2, 0) is 9.84 Å². The standard InChI is InChI=1S/C8H8Cl2O3S/c1-2-14(12,13)8-4-5(9)7(11)3-6(8)10/h3-4,11H,2H2,1H3. The van der Waals surface area contributed by atoms with Gasteiger partial charge in [-0.25, -0.2) is 8.42 Å². The molecule has 0 fully saturated rings. The quantitative estimate of drug-likeness (QED) is 0.883. The Bertz CT molecular complexity index is 454. The first-order chi connectivity index (χ1) is 6.38. The molecule has 0 aromatic heterocycles. The number of phenolic OH excluding ortho intramolecular Hbond substituents is 1. The van der Waals surface area contributed by atoms with Crippen molar-refractivity contribution in [1.82, 2.24) is 0 Å². The molecule has 0 bridgehead atoms. The van der Waals surface area contributed by atoms with Crippen LogP contribution >= 0.6 is 23.2 Å². The highest BCUT2D eigenvalue weighted by Crippen LogP contribution is 2.32. The lowest BCUT2D eigenvalue weighted by Crippen LogP contribution is -2.04. The third kappa shape index (κ3) is 2.13. The van der Waals surface area contributed by atoms with Crippen molar-refractivity contribution in [3.63, 3.8) is 0 Å². The van der Waals surface area contributed by atoms with E-state index in [0.717, 1.165) is 12.1 Å². The Balaban J connectivity index is 3.45. The lowest BCUT2D eigenvalue weighted by atomic mass is 10.3. The van der Waals surface area contributed by atoms with Crippen LogP contribution in [0.15, 0.2) is 17.0 Å². The monoisotopic (exact) mass is 254 g/mol. The summed E-state index contributed by atoms with van der Waals surface area (Å²) in [5.41, 5.74) is 0. The third-order valence-electron chi connectivity index (χ3n) is 1.72. The van der Waals surface area contributed by atoms with Gasteiger partial charge >= 0.3 is 0 Å². The molecular formula is C8H8Cl2O3S. The topological polar surface area (TPSA) is 54.4 Å². The van der Waals surface area contributed by atoms with Crippen LogP contribution in [-0.4, -0.2) is 19.3 Å². The number of hydrogen-bond acceptors (Lipinski definition) is 3. The second kappa shape index (κ2) is 3.96. The predicted octanol–water partition coefficient (Wildman–Crippen LogP) is 2.49. The summed E-state index contributed by atoms with van der Waals surface area (Å²) in [5, 5.41) is 9.11. The zero-order chi connectivity index (χ0) is 10.9. The van der Waals surface area contributed by atoms with Crippen molar-refractivity contribution >= 4 is 33.0 Å². The molecule has 0 aliphatic rings. The molecule has 1 rings (SSSR count). The van der Waals surface area contributed by atoms with Gasteiger partial charge in [0.2, 0.25) is 0 Å². The van der Waals surface area contributed by atoms with Crippen LogP contribution in [0.2, 0.25) is 10.0 Å². The fourth-order valence-corrected chi connectivity index (χ4v) is 2.62. The number of halogens is 2. The number of rotatable bonds is 2. The molecule has 1 aromatic carbocycles. The summed E-state index contributed by atoms with van der Waals surface area (Å²) in [6.45, 7) is 1.51. The summed E-state index contributed by atoms with van der Waals surface area (Å²) in [6.07, 6.45) is 0. The van der Waals surface area contributed by atoms with Crippen LogP contribution in [0.1, 0.15) is 6.92 Å². The van der Waals surface area contributed by atoms with Gasteiger partial charge in [-0.05, 0) is 6.07 Å². The highest BCUT2D eigenvalue weighted by molar-refractivity contribution is 7.91. The minimum Gasteiger partial charge on any atom is -0.506 e. The summed E-state index contributed by atoms with van der Waals surface area (Å²) >= 11 is 11.2. The average molecular weight is 255 g/mol. The van der Waals surface area contributed by atoms with Gasteiger partial charge in [0.05, 0.1) is 20.7 Å². The van der Waals surface area contributed by atoms with E-state index in [4.69, 9.17) is 28.3 Å². The van der Waals surface area contributed by atoms with Crippen molar-refractivity contribution in [3.8, 4) is 5.75 Å². The van der Waals surface area contributed by atoms with Gasteiger partial charge in [0, 0.05) is 6.07 Å². The van der Waals surface area contributed by atoms with E-state index in [2.05, 4.69) is 0 Å². The molecule has 0 unspecified atom stereocenters. The van der Waals surface area contributed by atoms with Crippen molar-refractivity contribution in [2.24, 2.45) is 0 Å². The number of hydrogen-bond donors (Lipinski definition) is 1. The molecule has 0 saturated carbocycles. The largest absolute Gasteiger partial charge is 0.506 e. The molecule has 0 spiro atoms. The molecule has 6 heteroatoms. The van der Waals surface area contributed by atoms with Crippen molar-refractivity contribution < 1.29 is 13.5 Å². The normalized spacial score (nSPS) is 11.6. The molecule has 14 heavy (non-hydrogen) atoms. The van der Waals surface area contributed by atoms with Crippen LogP contribution in [0, 0.1) is 0 Å². The number of sulfone groups is 1. The van der Waals surface area contributed by atoms with E-state index < -0.39 is 9.84 Å². The lowest BCUT2D eigenvalue weighted by molar-refractivity contribution is 0.475. The Kier molecular flexibility index (Phi) is 3.29. The Labute approximate surface area is 92.2 Å². The molecule has 1 aromatic rings. The molecule has 0 radical (unpaired) electrons. The average Bonchev–Trinajstić information content (AvgIpc) is 2.11. The maximum Gasteiger partial charge on any atom is 0.179 e. The van der Waals surface area contributed by atoms with Gasteiger partial charge in [-0.3, -0.25) is 0 Å². The molecule has 0 aliphatic carbocycles. The fraction of sp³-hybridized carbons (Fsp3) is 0.250. The maximum absolute atomic E-state index is 11.5. The first kappa shape index (κ1) is 11.6. The summed E-state index contributed by atoms with van der Waals surface area (Å²) < 4.78 is 22.9. The highest BCUT2D eigenvalue weighted by atomic mass is 35.5. The second-order valence-electron chi connectivity index (χ2n) is 2.64. The van der Waals surface area contributed by atoms with Crippen LogP contribution in [0.25, 0.3) is 0 Å². The minimum absolute atomic E-state index is 0.0197. The Morgan fingerprint density at radius 2 is 1.86 bits per heavy atom. The van der Waals surface area contributed by atoms with E-state index in [1.165, 1.54) is 6.92 Å². The molecule has 3 nitrogen and oxygen atoms in total. The van der Waals surface area contributed by atoms with E-state index in [-0.39, 0.29) is 26.4 Å². The van der Waals surface area contributed by atoms with E-state index in [1.54, 1.807) is 0 Å². The van der Waals surface area contributed by atoms with Crippen LogP contribution in [0.3, 0.4) is 0 Å². The van der Waals surface area contributed by atoms with E-state index in [0.29, 0.717) is 0 Å². The van der Waals surface area contributed by atoms with Gasteiger partial charge in [0.15, 0.2) is 9.84 Å². The Morgan fingerprint density at radius 1 is 1.29 bits per heavy atom. The zero-order valence-corrected chi connectivity index (χ0v) is 9.62. The van der Waals surface area contributed by atoms with E-state index in [1.807, 2.05) is 0 Å². The SMILES string of the molecule is CCS(=O)(=O)c1cc(Cl)c(O)cc1Cl. The Morgan fingerprint density at radius 3 is 2.36 bits per heavy atom. The Hall–Kier alpha value is -0.450.